The van der Waals surface area contributed by atoms with Gasteiger partial charge in [-0.1, -0.05) is 51.1 Å². The lowest BCUT2D eigenvalue weighted by atomic mass is 9.87. The van der Waals surface area contributed by atoms with E-state index in [-0.39, 0.29) is 11.6 Å². The van der Waals surface area contributed by atoms with Crippen LogP contribution in [-0.2, 0) is 5.41 Å². The molecule has 2 nitrogen and oxygen atoms in total. The number of nitrogens with zero attached hydrogens (tertiary/aromatic N) is 1. The second-order valence-corrected chi connectivity index (χ2v) is 6.61. The Bertz CT molecular complexity index is 569. The van der Waals surface area contributed by atoms with Crippen LogP contribution in [0, 0.1) is 0 Å². The van der Waals surface area contributed by atoms with Gasteiger partial charge in [-0.25, -0.2) is 0 Å². The standard InChI is InChI=1S/C20H27NO/c1-6-21(18-10-8-7-9-11-18)16(2)22-19-14-12-17(13-15-19)20(3,4)5/h7-16H,6H2,1-5H3. The van der Waals surface area contributed by atoms with Crippen LogP contribution in [-0.4, -0.2) is 12.8 Å². The lowest BCUT2D eigenvalue weighted by Gasteiger charge is -2.30. The zero-order valence-electron chi connectivity index (χ0n) is 14.3. The fraction of sp³-hybridized carbons (Fsp3) is 0.400. The Balaban J connectivity index is 2.09. The zero-order valence-corrected chi connectivity index (χ0v) is 14.3. The second kappa shape index (κ2) is 6.87. The molecule has 0 saturated heterocycles. The minimum absolute atomic E-state index is 0.00659. The number of benzene rings is 2. The molecule has 0 aliphatic heterocycles. The molecule has 22 heavy (non-hydrogen) atoms. The smallest absolute Gasteiger partial charge is 0.169 e. The van der Waals surface area contributed by atoms with Crippen LogP contribution in [0.3, 0.4) is 0 Å². The molecule has 0 aliphatic carbocycles. The van der Waals surface area contributed by atoms with Crippen LogP contribution >= 0.6 is 0 Å². The average Bonchev–Trinajstić information content (AvgIpc) is 2.48. The van der Waals surface area contributed by atoms with Gasteiger partial charge >= 0.3 is 0 Å². The fourth-order valence-electron chi connectivity index (χ4n) is 2.56. The first-order valence-corrected chi connectivity index (χ1v) is 8.00. The minimum Gasteiger partial charge on any atom is -0.471 e. The Hall–Kier alpha value is -1.96. The predicted octanol–water partition coefficient (Wildman–Crippen LogP) is 5.24. The van der Waals surface area contributed by atoms with Crippen molar-refractivity contribution in [3.8, 4) is 5.75 Å². The van der Waals surface area contributed by atoms with Gasteiger partial charge in [0, 0.05) is 12.2 Å². The van der Waals surface area contributed by atoms with Gasteiger partial charge in [-0.2, -0.15) is 0 Å². The summed E-state index contributed by atoms with van der Waals surface area (Å²) in [7, 11) is 0. The van der Waals surface area contributed by atoms with E-state index in [0.717, 1.165) is 12.3 Å². The molecule has 0 amide bonds. The Labute approximate surface area is 134 Å². The Morgan fingerprint density at radius 1 is 0.955 bits per heavy atom. The molecule has 0 fully saturated rings. The number of anilines is 1. The highest BCUT2D eigenvalue weighted by Gasteiger charge is 2.16. The van der Waals surface area contributed by atoms with Crippen LogP contribution in [0.25, 0.3) is 0 Å². The molecular formula is C20H27NO. The average molecular weight is 297 g/mol. The van der Waals surface area contributed by atoms with Crippen LogP contribution < -0.4 is 9.64 Å². The second-order valence-electron chi connectivity index (χ2n) is 6.61. The van der Waals surface area contributed by atoms with Crippen molar-refractivity contribution in [1.82, 2.24) is 0 Å². The lowest BCUT2D eigenvalue weighted by molar-refractivity contribution is 0.216. The molecule has 0 spiro atoms. The van der Waals surface area contributed by atoms with Gasteiger partial charge in [0.25, 0.3) is 0 Å². The number of hydrogen-bond acceptors (Lipinski definition) is 2. The Kier molecular flexibility index (Phi) is 5.12. The van der Waals surface area contributed by atoms with E-state index >= 15 is 0 Å². The maximum atomic E-state index is 6.12. The van der Waals surface area contributed by atoms with Crippen molar-refractivity contribution in [3.63, 3.8) is 0 Å². The van der Waals surface area contributed by atoms with Crippen LogP contribution in [0.1, 0.15) is 40.2 Å². The molecule has 0 N–H and O–H groups in total. The van der Waals surface area contributed by atoms with Crippen molar-refractivity contribution in [2.24, 2.45) is 0 Å². The summed E-state index contributed by atoms with van der Waals surface area (Å²) < 4.78 is 6.12. The first kappa shape index (κ1) is 16.4. The van der Waals surface area contributed by atoms with Crippen molar-refractivity contribution in [3.05, 3.63) is 60.2 Å². The third kappa shape index (κ3) is 4.03. The molecule has 0 aliphatic rings. The number of para-hydroxylation sites is 1. The fourth-order valence-corrected chi connectivity index (χ4v) is 2.56. The molecule has 2 rings (SSSR count). The van der Waals surface area contributed by atoms with E-state index in [0.29, 0.717) is 0 Å². The lowest BCUT2D eigenvalue weighted by Crippen LogP contribution is -2.37. The summed E-state index contributed by atoms with van der Waals surface area (Å²) in [6, 6.07) is 18.8. The molecule has 2 heteroatoms. The molecule has 0 saturated carbocycles. The van der Waals surface area contributed by atoms with E-state index in [1.165, 1.54) is 11.3 Å². The summed E-state index contributed by atoms with van der Waals surface area (Å²) in [5.41, 5.74) is 2.68. The largest absolute Gasteiger partial charge is 0.471 e. The van der Waals surface area contributed by atoms with Gasteiger partial charge in [0.05, 0.1) is 0 Å². The maximum Gasteiger partial charge on any atom is 0.169 e. The SMILES string of the molecule is CCN(c1ccccc1)C(C)Oc1ccc(C(C)(C)C)cc1. The van der Waals surface area contributed by atoms with Gasteiger partial charge in [-0.3, -0.25) is 0 Å². The van der Waals surface area contributed by atoms with Crippen LogP contribution in [0.2, 0.25) is 0 Å². The minimum atomic E-state index is -0.00659. The summed E-state index contributed by atoms with van der Waals surface area (Å²) in [5.74, 6) is 0.912. The van der Waals surface area contributed by atoms with E-state index in [1.54, 1.807) is 0 Å². The van der Waals surface area contributed by atoms with E-state index in [9.17, 15) is 0 Å². The Morgan fingerprint density at radius 2 is 1.55 bits per heavy atom. The summed E-state index contributed by atoms with van der Waals surface area (Å²) in [5, 5.41) is 0. The van der Waals surface area contributed by atoms with E-state index in [4.69, 9.17) is 4.74 Å². The van der Waals surface area contributed by atoms with Gasteiger partial charge in [0.1, 0.15) is 5.75 Å². The van der Waals surface area contributed by atoms with E-state index in [1.807, 2.05) is 6.07 Å². The van der Waals surface area contributed by atoms with Crippen molar-refractivity contribution in [2.75, 3.05) is 11.4 Å². The molecule has 0 heterocycles. The number of hydrogen-bond donors (Lipinski definition) is 0. The third-order valence-corrected chi connectivity index (χ3v) is 3.89. The Morgan fingerprint density at radius 3 is 2.05 bits per heavy atom. The van der Waals surface area contributed by atoms with Crippen LogP contribution in [0.5, 0.6) is 5.75 Å². The summed E-state index contributed by atoms with van der Waals surface area (Å²) in [6.07, 6.45) is -0.00659. The van der Waals surface area contributed by atoms with Gasteiger partial charge in [0.2, 0.25) is 0 Å². The van der Waals surface area contributed by atoms with Gasteiger partial charge in [0.15, 0.2) is 6.23 Å². The van der Waals surface area contributed by atoms with Gasteiger partial charge in [-0.05, 0) is 49.1 Å². The van der Waals surface area contributed by atoms with E-state index < -0.39 is 0 Å². The number of ether oxygens (including phenoxy) is 1. The van der Waals surface area contributed by atoms with Gasteiger partial charge in [-0.15, -0.1) is 0 Å². The van der Waals surface area contributed by atoms with Crippen LogP contribution in [0.4, 0.5) is 5.69 Å². The highest BCUT2D eigenvalue weighted by molar-refractivity contribution is 5.46. The first-order chi connectivity index (χ1) is 10.4. The van der Waals surface area contributed by atoms with Crippen molar-refractivity contribution in [1.29, 1.82) is 0 Å². The zero-order chi connectivity index (χ0) is 16.2. The van der Waals surface area contributed by atoms with Gasteiger partial charge < -0.3 is 9.64 Å². The third-order valence-electron chi connectivity index (χ3n) is 3.89. The summed E-state index contributed by atoms with van der Waals surface area (Å²) in [4.78, 5) is 2.25. The van der Waals surface area contributed by atoms with Crippen molar-refractivity contribution in [2.45, 2.75) is 46.3 Å². The first-order valence-electron chi connectivity index (χ1n) is 8.00. The summed E-state index contributed by atoms with van der Waals surface area (Å²) in [6.45, 7) is 11.8. The molecule has 0 aromatic heterocycles. The van der Waals surface area contributed by atoms with Crippen LogP contribution in [0.15, 0.2) is 54.6 Å². The van der Waals surface area contributed by atoms with Crippen molar-refractivity contribution >= 4 is 5.69 Å². The highest BCUT2D eigenvalue weighted by atomic mass is 16.5. The molecule has 1 atom stereocenters. The maximum absolute atomic E-state index is 6.12. The molecule has 118 valence electrons. The molecule has 2 aromatic rings. The summed E-state index contributed by atoms with van der Waals surface area (Å²) >= 11 is 0. The topological polar surface area (TPSA) is 12.5 Å². The molecule has 2 aromatic carbocycles. The molecule has 0 radical (unpaired) electrons. The predicted molar refractivity (Wildman–Crippen MR) is 94.7 cm³/mol. The quantitative estimate of drug-likeness (QED) is 0.700. The molecular weight excluding hydrogens is 270 g/mol. The number of rotatable bonds is 5. The van der Waals surface area contributed by atoms with E-state index in [2.05, 4.69) is 88.0 Å². The molecule has 0 bridgehead atoms. The normalized spacial score (nSPS) is 12.8. The molecule has 1 unspecified atom stereocenters. The highest BCUT2D eigenvalue weighted by Crippen LogP contribution is 2.25. The monoisotopic (exact) mass is 297 g/mol. The van der Waals surface area contributed by atoms with Crippen molar-refractivity contribution < 1.29 is 4.74 Å².